The summed E-state index contributed by atoms with van der Waals surface area (Å²) < 4.78 is 1.78. The fourth-order valence-electron chi connectivity index (χ4n) is 4.84. The number of fused-ring (bicyclic) bond motifs is 1. The fraction of sp³-hybridized carbons (Fsp3) is 0.542. The average Bonchev–Trinajstić information content (AvgIpc) is 3.18. The number of H-pyrrole nitrogens is 1. The van der Waals surface area contributed by atoms with Gasteiger partial charge in [-0.2, -0.15) is 5.10 Å². The Labute approximate surface area is 199 Å². The lowest BCUT2D eigenvalue weighted by atomic mass is 9.89. The summed E-state index contributed by atoms with van der Waals surface area (Å²) in [5, 5.41) is 15.8. The summed E-state index contributed by atoms with van der Waals surface area (Å²) in [6.07, 6.45) is 5.32. The summed E-state index contributed by atoms with van der Waals surface area (Å²) in [6, 6.07) is 6.20. The SMILES string of the molecule is Cc1cnc(NCCC2C(C)CCCN2C)c(=O)n1CCNCc1[nH]nc2ccc(Cl)cc12. The molecular weight excluding hydrogens is 438 g/mol. The van der Waals surface area contributed by atoms with Crippen molar-refractivity contribution in [1.29, 1.82) is 0 Å². The minimum Gasteiger partial charge on any atom is -0.365 e. The lowest BCUT2D eigenvalue weighted by Crippen LogP contribution is -2.42. The third-order valence-electron chi connectivity index (χ3n) is 6.79. The summed E-state index contributed by atoms with van der Waals surface area (Å²) in [5.74, 6) is 1.11. The molecule has 0 spiro atoms. The quantitative estimate of drug-likeness (QED) is 0.414. The Bertz CT molecular complexity index is 1130. The molecule has 0 saturated carbocycles. The van der Waals surface area contributed by atoms with Crippen LogP contribution in [0.5, 0.6) is 0 Å². The number of anilines is 1. The smallest absolute Gasteiger partial charge is 0.293 e. The highest BCUT2D eigenvalue weighted by molar-refractivity contribution is 6.31. The first-order chi connectivity index (χ1) is 15.9. The highest BCUT2D eigenvalue weighted by Crippen LogP contribution is 2.24. The van der Waals surface area contributed by atoms with Crippen LogP contribution in [0, 0.1) is 12.8 Å². The van der Waals surface area contributed by atoms with E-state index in [1.165, 1.54) is 12.8 Å². The molecular formula is C24H34ClN7O. The molecule has 1 saturated heterocycles. The Morgan fingerprint density at radius 2 is 2.15 bits per heavy atom. The molecule has 1 aromatic carbocycles. The van der Waals surface area contributed by atoms with E-state index < -0.39 is 0 Å². The van der Waals surface area contributed by atoms with Crippen molar-refractivity contribution in [2.24, 2.45) is 5.92 Å². The Morgan fingerprint density at radius 1 is 1.30 bits per heavy atom. The van der Waals surface area contributed by atoms with Gasteiger partial charge in [0.1, 0.15) is 0 Å². The number of rotatable bonds is 9. The number of benzene rings is 1. The Kier molecular flexibility index (Phi) is 7.67. The monoisotopic (exact) mass is 471 g/mol. The zero-order valence-corrected chi connectivity index (χ0v) is 20.5. The van der Waals surface area contributed by atoms with Crippen molar-refractivity contribution < 1.29 is 0 Å². The molecule has 33 heavy (non-hydrogen) atoms. The van der Waals surface area contributed by atoms with E-state index in [9.17, 15) is 4.79 Å². The van der Waals surface area contributed by atoms with E-state index in [0.29, 0.717) is 42.4 Å². The summed E-state index contributed by atoms with van der Waals surface area (Å²) in [7, 11) is 2.20. The largest absolute Gasteiger partial charge is 0.365 e. The molecule has 3 heterocycles. The maximum absolute atomic E-state index is 13.0. The van der Waals surface area contributed by atoms with Crippen LogP contribution in [0.2, 0.25) is 5.02 Å². The number of hydrogen-bond acceptors (Lipinski definition) is 6. The molecule has 0 amide bonds. The molecule has 178 valence electrons. The van der Waals surface area contributed by atoms with Gasteiger partial charge in [0, 0.05) is 54.5 Å². The first kappa shape index (κ1) is 23.7. The number of aromatic amines is 1. The van der Waals surface area contributed by atoms with Crippen molar-refractivity contribution in [3.8, 4) is 0 Å². The molecule has 4 rings (SSSR count). The van der Waals surface area contributed by atoms with Crippen LogP contribution in [0.1, 0.15) is 37.6 Å². The minimum absolute atomic E-state index is 0.0689. The normalized spacial score (nSPS) is 19.3. The van der Waals surface area contributed by atoms with Gasteiger partial charge in [0.15, 0.2) is 5.82 Å². The van der Waals surface area contributed by atoms with E-state index in [0.717, 1.165) is 41.8 Å². The number of aryl methyl sites for hydroxylation is 1. The van der Waals surface area contributed by atoms with Crippen LogP contribution in [-0.2, 0) is 13.1 Å². The second-order valence-electron chi connectivity index (χ2n) is 9.13. The van der Waals surface area contributed by atoms with E-state index in [1.54, 1.807) is 10.8 Å². The lowest BCUT2D eigenvalue weighted by Gasteiger charge is -2.37. The average molecular weight is 472 g/mol. The molecule has 0 bridgehead atoms. The first-order valence-electron chi connectivity index (χ1n) is 11.8. The Morgan fingerprint density at radius 3 is 2.97 bits per heavy atom. The van der Waals surface area contributed by atoms with Gasteiger partial charge in [0.25, 0.3) is 5.56 Å². The molecule has 9 heteroatoms. The second kappa shape index (κ2) is 10.7. The van der Waals surface area contributed by atoms with Crippen molar-refractivity contribution in [2.45, 2.75) is 52.2 Å². The van der Waals surface area contributed by atoms with Crippen LogP contribution in [0.25, 0.3) is 10.9 Å². The number of halogens is 1. The van der Waals surface area contributed by atoms with E-state index >= 15 is 0 Å². The number of nitrogens with zero attached hydrogens (tertiary/aromatic N) is 4. The third kappa shape index (κ3) is 5.57. The molecule has 2 aromatic heterocycles. The van der Waals surface area contributed by atoms with Crippen LogP contribution in [0.3, 0.4) is 0 Å². The number of likely N-dealkylation sites (tertiary alicyclic amines) is 1. The molecule has 2 unspecified atom stereocenters. The second-order valence-corrected chi connectivity index (χ2v) is 9.56. The van der Waals surface area contributed by atoms with Gasteiger partial charge in [-0.15, -0.1) is 0 Å². The molecule has 1 aliphatic heterocycles. The molecule has 8 nitrogen and oxygen atoms in total. The first-order valence-corrected chi connectivity index (χ1v) is 12.2. The minimum atomic E-state index is -0.0689. The van der Waals surface area contributed by atoms with E-state index in [4.69, 9.17) is 11.6 Å². The Balaban J connectivity index is 1.32. The zero-order chi connectivity index (χ0) is 23.4. The van der Waals surface area contributed by atoms with Crippen LogP contribution >= 0.6 is 11.6 Å². The predicted octanol–water partition coefficient (Wildman–Crippen LogP) is 3.40. The van der Waals surface area contributed by atoms with Gasteiger partial charge < -0.3 is 20.1 Å². The molecule has 2 atom stereocenters. The summed E-state index contributed by atoms with van der Waals surface area (Å²) in [6.45, 7) is 7.98. The maximum atomic E-state index is 13.0. The van der Waals surface area contributed by atoms with Gasteiger partial charge in [-0.1, -0.05) is 18.5 Å². The molecule has 0 aliphatic carbocycles. The van der Waals surface area contributed by atoms with Gasteiger partial charge in [-0.05, 0) is 63.9 Å². The fourth-order valence-corrected chi connectivity index (χ4v) is 5.02. The van der Waals surface area contributed by atoms with Crippen molar-refractivity contribution in [3.05, 3.63) is 51.2 Å². The van der Waals surface area contributed by atoms with Crippen LogP contribution in [0.15, 0.2) is 29.2 Å². The molecule has 3 aromatic rings. The number of nitrogens with one attached hydrogen (secondary N) is 3. The molecule has 0 radical (unpaired) electrons. The van der Waals surface area contributed by atoms with Crippen molar-refractivity contribution in [3.63, 3.8) is 0 Å². The van der Waals surface area contributed by atoms with Gasteiger partial charge >= 0.3 is 0 Å². The Hall–Kier alpha value is -2.42. The van der Waals surface area contributed by atoms with Gasteiger partial charge in [0.2, 0.25) is 0 Å². The van der Waals surface area contributed by atoms with Gasteiger partial charge in [0.05, 0.1) is 11.2 Å². The van der Waals surface area contributed by atoms with E-state index in [-0.39, 0.29) is 5.56 Å². The highest BCUT2D eigenvalue weighted by Gasteiger charge is 2.25. The van der Waals surface area contributed by atoms with E-state index in [1.807, 2.05) is 25.1 Å². The lowest BCUT2D eigenvalue weighted by molar-refractivity contribution is 0.126. The van der Waals surface area contributed by atoms with Gasteiger partial charge in [-0.25, -0.2) is 4.98 Å². The highest BCUT2D eigenvalue weighted by atomic mass is 35.5. The number of aromatic nitrogens is 4. The maximum Gasteiger partial charge on any atom is 0.293 e. The molecule has 1 aliphatic rings. The van der Waals surface area contributed by atoms with Crippen molar-refractivity contribution >= 4 is 28.3 Å². The molecule has 1 fully saturated rings. The van der Waals surface area contributed by atoms with Crippen LogP contribution < -0.4 is 16.2 Å². The molecule has 3 N–H and O–H groups in total. The van der Waals surface area contributed by atoms with Crippen molar-refractivity contribution in [1.82, 2.24) is 30.0 Å². The van der Waals surface area contributed by atoms with Crippen LogP contribution in [-0.4, -0.2) is 57.4 Å². The third-order valence-corrected chi connectivity index (χ3v) is 7.02. The standard InChI is InChI=1S/C24H34ClN7O/c1-16-5-4-11-31(3)22(16)8-9-27-23-24(33)32(17(2)14-28-23)12-10-26-15-21-19-13-18(25)6-7-20(19)29-30-21/h6-7,13-14,16,22,26H,4-5,8-12,15H2,1-3H3,(H,27,28)(H,29,30). The van der Waals surface area contributed by atoms with Crippen molar-refractivity contribution in [2.75, 3.05) is 32.0 Å². The van der Waals surface area contributed by atoms with E-state index in [2.05, 4.69) is 44.7 Å². The van der Waals surface area contributed by atoms with Gasteiger partial charge in [-0.3, -0.25) is 9.89 Å². The summed E-state index contributed by atoms with van der Waals surface area (Å²) >= 11 is 6.12. The summed E-state index contributed by atoms with van der Waals surface area (Å²) in [4.78, 5) is 19.8. The number of hydrogen-bond donors (Lipinski definition) is 3. The zero-order valence-electron chi connectivity index (χ0n) is 19.7. The number of piperidine rings is 1. The van der Waals surface area contributed by atoms with Crippen LogP contribution in [0.4, 0.5) is 5.82 Å². The predicted molar refractivity (Wildman–Crippen MR) is 134 cm³/mol. The topological polar surface area (TPSA) is 90.9 Å². The summed E-state index contributed by atoms with van der Waals surface area (Å²) in [5.41, 5.74) is 2.66.